The van der Waals surface area contributed by atoms with Crippen LogP contribution in [-0.4, -0.2) is 55.7 Å². The normalized spacial score (nSPS) is 16.7. The van der Waals surface area contributed by atoms with Crippen molar-refractivity contribution in [2.45, 2.75) is 13.5 Å². The van der Waals surface area contributed by atoms with Crippen LogP contribution in [0.4, 0.5) is 5.69 Å². The van der Waals surface area contributed by atoms with Crippen LogP contribution in [0.15, 0.2) is 66.4 Å². The smallest absolute Gasteiger partial charge is 0.231 e. The van der Waals surface area contributed by atoms with Crippen molar-refractivity contribution in [1.82, 2.24) is 4.90 Å². The molecule has 2 aliphatic heterocycles. The number of hydrogen-bond acceptors (Lipinski definition) is 7. The van der Waals surface area contributed by atoms with Crippen LogP contribution >= 0.6 is 0 Å². The largest absolute Gasteiger partial charge is 0.507 e. The zero-order chi connectivity index (χ0) is 25.1. The molecule has 0 atom stereocenters. The summed E-state index contributed by atoms with van der Waals surface area (Å²) >= 11 is 0. The Hall–Kier alpha value is -3.97. The van der Waals surface area contributed by atoms with Crippen LogP contribution in [0.25, 0.3) is 6.08 Å². The third-order valence-corrected chi connectivity index (χ3v) is 6.60. The maximum Gasteiger partial charge on any atom is 0.231 e. The van der Waals surface area contributed by atoms with Crippen LogP contribution in [-0.2, 0) is 6.54 Å². The monoisotopic (exact) mass is 486 g/mol. The molecular formula is C29H30N2O5. The van der Waals surface area contributed by atoms with Gasteiger partial charge in [-0.2, -0.15) is 0 Å². The molecule has 0 unspecified atom stereocenters. The molecule has 0 bridgehead atoms. The topological polar surface area (TPSA) is 71.5 Å². The minimum absolute atomic E-state index is 0.140. The molecule has 1 N–H and O–H groups in total. The van der Waals surface area contributed by atoms with E-state index in [0.717, 1.165) is 48.9 Å². The Morgan fingerprint density at radius 3 is 2.31 bits per heavy atom. The molecule has 0 saturated carbocycles. The van der Waals surface area contributed by atoms with Crippen molar-refractivity contribution < 1.29 is 24.1 Å². The van der Waals surface area contributed by atoms with E-state index >= 15 is 0 Å². The molecule has 0 amide bonds. The second kappa shape index (κ2) is 10.3. The second-order valence-electron chi connectivity index (χ2n) is 8.84. The number of allylic oxidation sites excluding steroid dienone is 1. The summed E-state index contributed by atoms with van der Waals surface area (Å²) in [6, 6.07) is 18.8. The summed E-state index contributed by atoms with van der Waals surface area (Å²) in [4.78, 5) is 17.7. The molecular weight excluding hydrogens is 456 g/mol. The molecule has 1 fully saturated rings. The van der Waals surface area contributed by atoms with Crippen LogP contribution in [0.2, 0.25) is 0 Å². The Bertz CT molecular complexity index is 1260. The molecule has 36 heavy (non-hydrogen) atoms. The quantitative estimate of drug-likeness (QED) is 0.484. The number of fused-ring (bicyclic) bond motifs is 1. The molecule has 1 saturated heterocycles. The minimum Gasteiger partial charge on any atom is -0.507 e. The third kappa shape index (κ3) is 4.88. The summed E-state index contributed by atoms with van der Waals surface area (Å²) in [5.41, 5.74) is 3.14. The Morgan fingerprint density at radius 1 is 0.944 bits per heavy atom. The number of phenols is 1. The number of benzene rings is 3. The van der Waals surface area contributed by atoms with Gasteiger partial charge < -0.3 is 24.2 Å². The van der Waals surface area contributed by atoms with Gasteiger partial charge in [0, 0.05) is 38.4 Å². The first-order valence-corrected chi connectivity index (χ1v) is 12.2. The van der Waals surface area contributed by atoms with Crippen LogP contribution in [0.5, 0.6) is 23.0 Å². The maximum absolute atomic E-state index is 13.0. The Kier molecular flexibility index (Phi) is 6.82. The molecule has 3 aromatic carbocycles. The van der Waals surface area contributed by atoms with Gasteiger partial charge in [-0.1, -0.05) is 12.1 Å². The van der Waals surface area contributed by atoms with Crippen LogP contribution < -0.4 is 19.1 Å². The van der Waals surface area contributed by atoms with Crippen molar-refractivity contribution in [1.29, 1.82) is 0 Å². The summed E-state index contributed by atoms with van der Waals surface area (Å²) in [5, 5.41) is 10.7. The first-order valence-electron chi connectivity index (χ1n) is 12.2. The van der Waals surface area contributed by atoms with Gasteiger partial charge >= 0.3 is 0 Å². The first kappa shape index (κ1) is 23.8. The third-order valence-electron chi connectivity index (χ3n) is 6.60. The van der Waals surface area contributed by atoms with E-state index in [9.17, 15) is 9.90 Å². The fourth-order valence-electron chi connectivity index (χ4n) is 4.61. The molecule has 5 rings (SSSR count). The number of carbonyl (C=O) groups excluding carboxylic acids is 1. The lowest BCUT2D eigenvalue weighted by molar-refractivity contribution is 0.101. The van der Waals surface area contributed by atoms with E-state index in [4.69, 9.17) is 14.2 Å². The fourth-order valence-corrected chi connectivity index (χ4v) is 4.61. The number of ketones is 1. The van der Waals surface area contributed by atoms with Gasteiger partial charge in [0.15, 0.2) is 5.76 Å². The predicted molar refractivity (Wildman–Crippen MR) is 139 cm³/mol. The summed E-state index contributed by atoms with van der Waals surface area (Å²) in [5.74, 6) is 2.29. The summed E-state index contributed by atoms with van der Waals surface area (Å²) in [6.45, 7) is 6.44. The number of nitrogens with zero attached hydrogens (tertiary/aromatic N) is 2. The van der Waals surface area contributed by atoms with Gasteiger partial charge in [0.1, 0.15) is 23.0 Å². The van der Waals surface area contributed by atoms with Crippen LogP contribution in [0.1, 0.15) is 28.4 Å². The number of methoxy groups -OCH3 is 1. The molecule has 3 aromatic rings. The highest BCUT2D eigenvalue weighted by Crippen LogP contribution is 2.40. The lowest BCUT2D eigenvalue weighted by Gasteiger charge is -2.36. The first-order chi connectivity index (χ1) is 17.6. The number of carbonyl (C=O) groups is 1. The van der Waals surface area contributed by atoms with E-state index in [1.807, 2.05) is 43.3 Å². The second-order valence-corrected chi connectivity index (χ2v) is 8.84. The van der Waals surface area contributed by atoms with Gasteiger partial charge in [-0.05, 0) is 67.1 Å². The number of aromatic hydroxyl groups is 1. The summed E-state index contributed by atoms with van der Waals surface area (Å²) in [6.07, 6.45) is 1.73. The van der Waals surface area contributed by atoms with E-state index in [1.165, 1.54) is 0 Å². The number of anilines is 1. The SMILES string of the molecule is CCOc1ccc(/C=C2\Oc3c(ccc(O)c3CN3CCN(c4ccc(OC)cc4)CC3)C2=O)cc1. The molecule has 2 aliphatic rings. The van der Waals surface area contributed by atoms with Crippen molar-refractivity contribution >= 4 is 17.5 Å². The van der Waals surface area contributed by atoms with Gasteiger partial charge in [0.25, 0.3) is 0 Å². The van der Waals surface area contributed by atoms with E-state index in [1.54, 1.807) is 25.3 Å². The van der Waals surface area contributed by atoms with Crippen molar-refractivity contribution in [2.24, 2.45) is 0 Å². The zero-order valence-corrected chi connectivity index (χ0v) is 20.6. The zero-order valence-electron chi connectivity index (χ0n) is 20.6. The average molecular weight is 487 g/mol. The minimum atomic E-state index is -0.176. The highest BCUT2D eigenvalue weighted by atomic mass is 16.5. The molecule has 7 nitrogen and oxygen atoms in total. The molecule has 186 valence electrons. The van der Waals surface area contributed by atoms with Gasteiger partial charge in [-0.3, -0.25) is 9.69 Å². The van der Waals surface area contributed by atoms with Crippen molar-refractivity contribution in [3.05, 3.63) is 83.1 Å². The Morgan fingerprint density at radius 2 is 1.64 bits per heavy atom. The number of phenolic OH excluding ortho intramolecular Hbond substituents is 1. The van der Waals surface area contributed by atoms with Crippen molar-refractivity contribution in [2.75, 3.05) is 44.8 Å². The highest BCUT2D eigenvalue weighted by Gasteiger charge is 2.32. The van der Waals surface area contributed by atoms with Crippen molar-refractivity contribution in [3.63, 3.8) is 0 Å². The van der Waals surface area contributed by atoms with Gasteiger partial charge in [0.2, 0.25) is 5.78 Å². The van der Waals surface area contributed by atoms with Crippen molar-refractivity contribution in [3.8, 4) is 23.0 Å². The Balaban J connectivity index is 1.28. The lowest BCUT2D eigenvalue weighted by atomic mass is 10.0. The molecule has 0 aromatic heterocycles. The molecule has 0 aliphatic carbocycles. The number of ether oxygens (including phenoxy) is 3. The molecule has 2 heterocycles. The van der Waals surface area contributed by atoms with Gasteiger partial charge in [0.05, 0.1) is 24.8 Å². The van der Waals surface area contributed by atoms with Gasteiger partial charge in [-0.15, -0.1) is 0 Å². The lowest BCUT2D eigenvalue weighted by Crippen LogP contribution is -2.46. The summed E-state index contributed by atoms with van der Waals surface area (Å²) in [7, 11) is 1.67. The number of Topliss-reactive ketones (excluding diaryl/α,β-unsaturated/α-hetero) is 1. The maximum atomic E-state index is 13.0. The van der Waals surface area contributed by atoms with E-state index in [0.29, 0.717) is 30.0 Å². The fraction of sp³-hybridized carbons (Fsp3) is 0.276. The summed E-state index contributed by atoms with van der Waals surface area (Å²) < 4.78 is 16.8. The van der Waals surface area contributed by atoms with E-state index < -0.39 is 0 Å². The number of hydrogen-bond donors (Lipinski definition) is 1. The molecule has 7 heteroatoms. The molecule has 0 radical (unpaired) electrons. The van der Waals surface area contributed by atoms with Crippen LogP contribution in [0.3, 0.4) is 0 Å². The van der Waals surface area contributed by atoms with E-state index in [2.05, 4.69) is 21.9 Å². The standard InChI is InChI=1S/C29H30N2O5/c1-3-35-23-8-4-20(5-9-23)18-27-28(33)24-12-13-26(32)25(29(24)36-27)19-30-14-16-31(17-15-30)21-6-10-22(34-2)11-7-21/h4-13,18,32H,3,14-17,19H2,1-2H3/b27-18-. The highest BCUT2D eigenvalue weighted by molar-refractivity contribution is 6.15. The van der Waals surface area contributed by atoms with E-state index in [-0.39, 0.29) is 17.3 Å². The van der Waals surface area contributed by atoms with Gasteiger partial charge in [-0.25, -0.2) is 0 Å². The number of rotatable bonds is 7. The van der Waals surface area contributed by atoms with Crippen LogP contribution in [0, 0.1) is 0 Å². The number of piperazine rings is 1. The molecule has 0 spiro atoms. The Labute approximate surface area is 211 Å². The average Bonchev–Trinajstić information content (AvgIpc) is 3.22. The predicted octanol–water partition coefficient (Wildman–Crippen LogP) is 4.74.